The second-order valence-electron chi connectivity index (χ2n) is 7.69. The van der Waals surface area contributed by atoms with Gasteiger partial charge in [0.05, 0.1) is 12.1 Å². The first-order valence-electron chi connectivity index (χ1n) is 9.98. The van der Waals surface area contributed by atoms with Crippen LogP contribution in [-0.4, -0.2) is 65.6 Å². The summed E-state index contributed by atoms with van der Waals surface area (Å²) in [5.74, 6) is -4.67. The van der Waals surface area contributed by atoms with E-state index in [1.165, 1.54) is 29.4 Å². The molecular formula is C21H20ClF3N4O3S. The number of alkyl halides is 2. The van der Waals surface area contributed by atoms with Gasteiger partial charge in [-0.3, -0.25) is 9.89 Å². The van der Waals surface area contributed by atoms with Crippen molar-refractivity contribution in [3.63, 3.8) is 0 Å². The number of piperidine rings is 1. The lowest BCUT2D eigenvalue weighted by molar-refractivity contribution is -0.161. The highest BCUT2D eigenvalue weighted by Crippen LogP contribution is 2.37. The zero-order valence-corrected chi connectivity index (χ0v) is 19.0. The first-order chi connectivity index (χ1) is 15.7. The minimum Gasteiger partial charge on any atom is -0.478 e. The highest BCUT2D eigenvalue weighted by atomic mass is 35.5. The van der Waals surface area contributed by atoms with Gasteiger partial charge in [-0.15, -0.1) is 11.3 Å². The van der Waals surface area contributed by atoms with Crippen LogP contribution < -0.4 is 5.32 Å². The molecule has 1 saturated heterocycles. The van der Waals surface area contributed by atoms with Crippen LogP contribution in [0.1, 0.15) is 23.0 Å². The molecule has 176 valence electrons. The number of aliphatic carboxylic acids is 1. The summed E-state index contributed by atoms with van der Waals surface area (Å²) < 4.78 is 47.4. The largest absolute Gasteiger partial charge is 0.478 e. The number of rotatable bonds is 6. The lowest BCUT2D eigenvalue weighted by Crippen LogP contribution is -2.53. The van der Waals surface area contributed by atoms with Crippen molar-refractivity contribution in [1.29, 1.82) is 0 Å². The number of carboxylic acid groups (broad SMARTS) is 1. The van der Waals surface area contributed by atoms with E-state index in [2.05, 4.69) is 15.3 Å². The Morgan fingerprint density at radius 3 is 2.85 bits per heavy atom. The summed E-state index contributed by atoms with van der Waals surface area (Å²) in [5.41, 5.74) is 0.327. The summed E-state index contributed by atoms with van der Waals surface area (Å²) >= 11 is 7.51. The SMILES string of the molecule is COC1CCN(CC2=C(C(=O)O)C(c3ccc(F)cc3Cl)N=C(c3nccs3)N2)CC1(F)F. The molecule has 2 aliphatic rings. The van der Waals surface area contributed by atoms with Crippen molar-refractivity contribution in [3.8, 4) is 0 Å². The lowest BCUT2D eigenvalue weighted by Gasteiger charge is -2.38. The maximum absolute atomic E-state index is 14.5. The average molecular weight is 501 g/mol. The molecule has 1 aromatic carbocycles. The number of aliphatic imine (C=N–C) groups is 1. The fraction of sp³-hybridized carbons (Fsp3) is 0.381. The van der Waals surface area contributed by atoms with Gasteiger partial charge in [0, 0.05) is 48.1 Å². The minimum absolute atomic E-state index is 0.00896. The number of aromatic nitrogens is 1. The van der Waals surface area contributed by atoms with Crippen molar-refractivity contribution in [3.05, 3.63) is 62.5 Å². The van der Waals surface area contributed by atoms with Crippen molar-refractivity contribution < 1.29 is 27.8 Å². The molecule has 0 spiro atoms. The number of likely N-dealkylation sites (tertiary alicyclic amines) is 1. The molecule has 7 nitrogen and oxygen atoms in total. The average Bonchev–Trinajstić information content (AvgIpc) is 3.27. The predicted octanol–water partition coefficient (Wildman–Crippen LogP) is 3.72. The van der Waals surface area contributed by atoms with Gasteiger partial charge in [0.15, 0.2) is 10.8 Å². The third-order valence-electron chi connectivity index (χ3n) is 5.53. The van der Waals surface area contributed by atoms with Gasteiger partial charge in [-0.25, -0.2) is 22.9 Å². The van der Waals surface area contributed by atoms with Crippen molar-refractivity contribution in [2.24, 2.45) is 4.99 Å². The van der Waals surface area contributed by atoms with Crippen LogP contribution in [0.3, 0.4) is 0 Å². The van der Waals surface area contributed by atoms with Gasteiger partial charge in [0.1, 0.15) is 18.0 Å². The smallest absolute Gasteiger partial charge is 0.335 e. The van der Waals surface area contributed by atoms with Crippen LogP contribution in [0.25, 0.3) is 0 Å². The lowest BCUT2D eigenvalue weighted by atomic mass is 9.94. The molecule has 3 heterocycles. The van der Waals surface area contributed by atoms with E-state index in [4.69, 9.17) is 16.3 Å². The molecule has 1 aromatic heterocycles. The van der Waals surface area contributed by atoms with Crippen molar-refractivity contribution in [2.75, 3.05) is 26.7 Å². The summed E-state index contributed by atoms with van der Waals surface area (Å²) in [6.45, 7) is -0.388. The molecule has 0 radical (unpaired) electrons. The van der Waals surface area contributed by atoms with Crippen LogP contribution >= 0.6 is 22.9 Å². The van der Waals surface area contributed by atoms with Gasteiger partial charge in [-0.1, -0.05) is 17.7 Å². The molecule has 4 rings (SSSR count). The Morgan fingerprint density at radius 1 is 1.45 bits per heavy atom. The van der Waals surface area contributed by atoms with Crippen LogP contribution in [0.4, 0.5) is 13.2 Å². The van der Waals surface area contributed by atoms with Gasteiger partial charge < -0.3 is 15.2 Å². The molecule has 2 atom stereocenters. The summed E-state index contributed by atoms with van der Waals surface area (Å²) in [6.07, 6.45) is 0.468. The van der Waals surface area contributed by atoms with E-state index in [0.717, 1.165) is 12.1 Å². The normalized spacial score (nSPS) is 23.2. The van der Waals surface area contributed by atoms with E-state index in [1.54, 1.807) is 11.6 Å². The molecule has 1 fully saturated rings. The summed E-state index contributed by atoms with van der Waals surface area (Å²) in [5, 5.41) is 15.2. The third-order valence-corrected chi connectivity index (χ3v) is 6.63. The molecule has 0 saturated carbocycles. The number of hydrogen-bond donors (Lipinski definition) is 2. The molecule has 33 heavy (non-hydrogen) atoms. The molecule has 2 aliphatic heterocycles. The summed E-state index contributed by atoms with van der Waals surface area (Å²) in [7, 11) is 1.25. The van der Waals surface area contributed by atoms with E-state index in [0.29, 0.717) is 5.01 Å². The van der Waals surface area contributed by atoms with E-state index >= 15 is 0 Å². The van der Waals surface area contributed by atoms with Gasteiger partial charge in [-0.05, 0) is 18.6 Å². The summed E-state index contributed by atoms with van der Waals surface area (Å²) in [4.78, 5) is 22.5. The van der Waals surface area contributed by atoms with Crippen molar-refractivity contribution >= 4 is 34.7 Å². The number of amidine groups is 1. The number of nitrogens with one attached hydrogen (secondary N) is 1. The second kappa shape index (κ2) is 9.41. The molecular weight excluding hydrogens is 481 g/mol. The number of carbonyl (C=O) groups is 1. The standard InChI is InChI=1S/C21H20ClF3N4O3S/c1-32-15-4-6-29(10-21(15,24)25)9-14-16(20(30)31)17(12-3-2-11(23)8-13(12)22)28-18(27-14)19-26-5-7-33-19/h2-3,5,7-8,15,17H,4,6,9-10H2,1H3,(H,27,28)(H,30,31). The van der Waals surface area contributed by atoms with Crippen LogP contribution in [0, 0.1) is 5.82 Å². The van der Waals surface area contributed by atoms with Crippen molar-refractivity contribution in [2.45, 2.75) is 24.5 Å². The van der Waals surface area contributed by atoms with Crippen LogP contribution in [0.5, 0.6) is 0 Å². The Labute approximate surface area is 196 Å². The van der Waals surface area contributed by atoms with E-state index in [-0.39, 0.29) is 47.2 Å². The number of halogens is 4. The molecule has 2 aromatic rings. The maximum atomic E-state index is 14.5. The number of hydrogen-bond acceptors (Lipinski definition) is 7. The number of nitrogens with zero attached hydrogens (tertiary/aromatic N) is 3. The van der Waals surface area contributed by atoms with E-state index in [9.17, 15) is 23.1 Å². The molecule has 0 bridgehead atoms. The van der Waals surface area contributed by atoms with Gasteiger partial charge >= 0.3 is 5.97 Å². The van der Waals surface area contributed by atoms with Crippen molar-refractivity contribution in [1.82, 2.24) is 15.2 Å². The van der Waals surface area contributed by atoms with Gasteiger partial charge in [0.2, 0.25) is 0 Å². The molecule has 2 unspecified atom stereocenters. The zero-order chi connectivity index (χ0) is 23.8. The van der Waals surface area contributed by atoms with E-state index < -0.39 is 36.4 Å². The van der Waals surface area contributed by atoms with E-state index in [1.807, 2.05) is 0 Å². The number of methoxy groups -OCH3 is 1. The number of ether oxygens (including phenoxy) is 1. The molecule has 2 N–H and O–H groups in total. The number of thiazole rings is 1. The predicted molar refractivity (Wildman–Crippen MR) is 117 cm³/mol. The van der Waals surface area contributed by atoms with Gasteiger partial charge in [-0.2, -0.15) is 0 Å². The van der Waals surface area contributed by atoms with Crippen LogP contribution in [-0.2, 0) is 9.53 Å². The van der Waals surface area contributed by atoms with Gasteiger partial charge in [0.25, 0.3) is 5.92 Å². The first kappa shape index (κ1) is 23.7. The third kappa shape index (κ3) is 4.91. The van der Waals surface area contributed by atoms with Crippen LogP contribution in [0.2, 0.25) is 5.02 Å². The number of carboxylic acids is 1. The Morgan fingerprint density at radius 2 is 2.24 bits per heavy atom. The Balaban J connectivity index is 1.75. The second-order valence-corrected chi connectivity index (χ2v) is 8.99. The Bertz CT molecular complexity index is 1110. The molecule has 0 aliphatic carbocycles. The first-order valence-corrected chi connectivity index (χ1v) is 11.2. The highest BCUT2D eigenvalue weighted by Gasteiger charge is 2.45. The Hall–Kier alpha value is -2.47. The monoisotopic (exact) mass is 500 g/mol. The zero-order valence-electron chi connectivity index (χ0n) is 17.4. The highest BCUT2D eigenvalue weighted by molar-refractivity contribution is 7.11. The quantitative estimate of drug-likeness (QED) is 0.628. The minimum atomic E-state index is -3.09. The summed E-state index contributed by atoms with van der Waals surface area (Å²) in [6, 6.07) is 2.53. The molecule has 12 heteroatoms. The van der Waals surface area contributed by atoms with Crippen LogP contribution in [0.15, 0.2) is 46.0 Å². The fourth-order valence-corrected chi connectivity index (χ4v) is 4.87. The topological polar surface area (TPSA) is 87.0 Å². The molecule has 0 amide bonds. The maximum Gasteiger partial charge on any atom is 0.335 e. The number of benzene rings is 1. The Kier molecular flexibility index (Phi) is 6.76. The fourth-order valence-electron chi connectivity index (χ4n) is 4.01.